The highest BCUT2D eigenvalue weighted by Crippen LogP contribution is 2.25. The quantitative estimate of drug-likeness (QED) is 0.930. The largest absolute Gasteiger partial charge is 0.368 e. The Kier molecular flexibility index (Phi) is 4.34. The summed E-state index contributed by atoms with van der Waals surface area (Å²) >= 11 is 1.84. The average molecular weight is 291 g/mol. The van der Waals surface area contributed by atoms with E-state index >= 15 is 0 Å². The second kappa shape index (κ2) is 6.39. The number of nitrogens with two attached hydrogens (primary N) is 1. The molecule has 0 saturated carbocycles. The fraction of sp³-hybridized carbons (Fsp3) is 0.429. The van der Waals surface area contributed by atoms with Crippen LogP contribution in [0.25, 0.3) is 0 Å². The van der Waals surface area contributed by atoms with Crippen molar-refractivity contribution in [2.75, 3.05) is 18.1 Å². The van der Waals surface area contributed by atoms with Crippen LogP contribution in [0.4, 0.5) is 0 Å². The first-order chi connectivity index (χ1) is 9.83. The zero-order valence-electron chi connectivity index (χ0n) is 11.1. The highest BCUT2D eigenvalue weighted by atomic mass is 32.2. The van der Waals surface area contributed by atoms with E-state index in [-0.39, 0.29) is 12.1 Å². The van der Waals surface area contributed by atoms with Gasteiger partial charge in [0.1, 0.15) is 6.10 Å². The number of rotatable bonds is 4. The normalized spacial score (nSPS) is 20.8. The van der Waals surface area contributed by atoms with Gasteiger partial charge in [-0.15, -0.1) is 0 Å². The number of benzene rings is 1. The minimum Gasteiger partial charge on any atom is -0.368 e. The molecule has 2 unspecified atom stereocenters. The van der Waals surface area contributed by atoms with Crippen molar-refractivity contribution in [1.29, 1.82) is 0 Å². The summed E-state index contributed by atoms with van der Waals surface area (Å²) in [5.74, 6) is 2.97. The zero-order valence-corrected chi connectivity index (χ0v) is 11.9. The monoisotopic (exact) mass is 291 g/mol. The highest BCUT2D eigenvalue weighted by molar-refractivity contribution is 7.99. The van der Waals surface area contributed by atoms with Gasteiger partial charge in [-0.25, -0.2) is 0 Å². The minimum atomic E-state index is -0.283. The number of aromatic nitrogens is 2. The van der Waals surface area contributed by atoms with Crippen LogP contribution < -0.4 is 5.73 Å². The molecule has 0 radical (unpaired) electrons. The summed E-state index contributed by atoms with van der Waals surface area (Å²) in [5.41, 5.74) is 7.28. The molecule has 1 aliphatic rings. The van der Waals surface area contributed by atoms with Gasteiger partial charge in [0.15, 0.2) is 0 Å². The van der Waals surface area contributed by atoms with Crippen molar-refractivity contribution in [2.24, 2.45) is 5.73 Å². The molecule has 1 aromatic carbocycles. The van der Waals surface area contributed by atoms with Crippen LogP contribution in [-0.4, -0.2) is 28.3 Å². The fourth-order valence-corrected chi connectivity index (χ4v) is 2.96. The molecule has 2 N–H and O–H groups in total. The van der Waals surface area contributed by atoms with Crippen molar-refractivity contribution in [3.8, 4) is 0 Å². The van der Waals surface area contributed by atoms with E-state index in [1.807, 2.05) is 42.1 Å². The van der Waals surface area contributed by atoms with Gasteiger partial charge in [-0.05, 0) is 12.0 Å². The van der Waals surface area contributed by atoms with E-state index in [4.69, 9.17) is 15.0 Å². The lowest BCUT2D eigenvalue weighted by atomic mass is 10.1. The highest BCUT2D eigenvalue weighted by Gasteiger charge is 2.24. The van der Waals surface area contributed by atoms with Crippen molar-refractivity contribution in [3.05, 3.63) is 47.6 Å². The summed E-state index contributed by atoms with van der Waals surface area (Å²) in [7, 11) is 0. The van der Waals surface area contributed by atoms with Crippen molar-refractivity contribution in [1.82, 2.24) is 10.1 Å². The van der Waals surface area contributed by atoms with Gasteiger partial charge in [-0.3, -0.25) is 0 Å². The third-order valence-corrected chi connectivity index (χ3v) is 4.17. The molecule has 2 atom stereocenters. The summed E-state index contributed by atoms with van der Waals surface area (Å²) in [6.07, 6.45) is 0.609. The van der Waals surface area contributed by atoms with Gasteiger partial charge in [0, 0.05) is 11.5 Å². The Morgan fingerprint density at radius 2 is 2.20 bits per heavy atom. The Balaban J connectivity index is 1.66. The predicted octanol–water partition coefficient (Wildman–Crippen LogP) is 2.12. The van der Waals surface area contributed by atoms with Crippen molar-refractivity contribution < 1.29 is 9.26 Å². The molecule has 0 bridgehead atoms. The topological polar surface area (TPSA) is 74.2 Å². The summed E-state index contributed by atoms with van der Waals surface area (Å²) in [6, 6.07) is 9.77. The lowest BCUT2D eigenvalue weighted by molar-refractivity contribution is 0.0677. The third-order valence-electron chi connectivity index (χ3n) is 3.18. The molecule has 3 rings (SSSR count). The van der Waals surface area contributed by atoms with Gasteiger partial charge in [0.05, 0.1) is 12.6 Å². The molecule has 2 heterocycles. The number of ether oxygens (including phenoxy) is 1. The van der Waals surface area contributed by atoms with Crippen LogP contribution in [0, 0.1) is 0 Å². The van der Waals surface area contributed by atoms with Crippen LogP contribution in [0.5, 0.6) is 0 Å². The predicted molar refractivity (Wildman–Crippen MR) is 77.4 cm³/mol. The van der Waals surface area contributed by atoms with Crippen molar-refractivity contribution in [3.63, 3.8) is 0 Å². The van der Waals surface area contributed by atoms with Crippen LogP contribution >= 0.6 is 11.8 Å². The average Bonchev–Trinajstić information content (AvgIpc) is 2.99. The summed E-state index contributed by atoms with van der Waals surface area (Å²) in [5, 5.41) is 4.00. The van der Waals surface area contributed by atoms with Gasteiger partial charge >= 0.3 is 0 Å². The van der Waals surface area contributed by atoms with Gasteiger partial charge < -0.3 is 15.0 Å². The summed E-state index contributed by atoms with van der Waals surface area (Å²) in [4.78, 5) is 4.39. The molecule has 106 valence electrons. The van der Waals surface area contributed by atoms with E-state index in [2.05, 4.69) is 10.1 Å². The molecular weight excluding hydrogens is 274 g/mol. The van der Waals surface area contributed by atoms with E-state index in [0.717, 1.165) is 23.7 Å². The van der Waals surface area contributed by atoms with Gasteiger partial charge in [-0.1, -0.05) is 35.5 Å². The molecule has 6 heteroatoms. The minimum absolute atomic E-state index is 0.0739. The maximum atomic E-state index is 6.13. The Morgan fingerprint density at radius 1 is 1.35 bits per heavy atom. The smallest absolute Gasteiger partial charge is 0.243 e. The van der Waals surface area contributed by atoms with E-state index in [1.165, 1.54) is 0 Å². The molecular formula is C14H17N3O2S. The molecule has 5 nitrogen and oxygen atoms in total. The second-order valence-corrected chi connectivity index (χ2v) is 5.87. The van der Waals surface area contributed by atoms with Crippen LogP contribution in [-0.2, 0) is 11.2 Å². The molecule has 1 saturated heterocycles. The molecule has 1 aromatic heterocycles. The Labute approximate surface area is 121 Å². The lowest BCUT2D eigenvalue weighted by Gasteiger charge is -2.18. The first-order valence-electron chi connectivity index (χ1n) is 6.65. The van der Waals surface area contributed by atoms with Gasteiger partial charge in [-0.2, -0.15) is 16.7 Å². The van der Waals surface area contributed by atoms with Gasteiger partial charge in [0.25, 0.3) is 0 Å². The van der Waals surface area contributed by atoms with Crippen LogP contribution in [0.3, 0.4) is 0 Å². The molecule has 1 fully saturated rings. The van der Waals surface area contributed by atoms with Crippen LogP contribution in [0.2, 0.25) is 0 Å². The lowest BCUT2D eigenvalue weighted by Crippen LogP contribution is -2.17. The molecule has 0 spiro atoms. The summed E-state index contributed by atoms with van der Waals surface area (Å²) in [6.45, 7) is 0.731. The second-order valence-electron chi connectivity index (χ2n) is 4.72. The van der Waals surface area contributed by atoms with Crippen molar-refractivity contribution >= 4 is 11.8 Å². The fourth-order valence-electron chi connectivity index (χ4n) is 2.12. The molecule has 0 amide bonds. The molecule has 2 aromatic rings. The van der Waals surface area contributed by atoms with Crippen LogP contribution in [0.1, 0.15) is 29.4 Å². The SMILES string of the molecule is NC(Cc1ccccc1)c1nc(C2CSCCO2)no1. The molecule has 0 aliphatic carbocycles. The maximum Gasteiger partial charge on any atom is 0.243 e. The Morgan fingerprint density at radius 3 is 2.95 bits per heavy atom. The molecule has 20 heavy (non-hydrogen) atoms. The van der Waals surface area contributed by atoms with Crippen molar-refractivity contribution in [2.45, 2.75) is 18.6 Å². The Bertz CT molecular complexity index is 540. The van der Waals surface area contributed by atoms with E-state index in [0.29, 0.717) is 18.1 Å². The van der Waals surface area contributed by atoms with Crippen LogP contribution in [0.15, 0.2) is 34.9 Å². The first kappa shape index (κ1) is 13.6. The van der Waals surface area contributed by atoms with E-state index in [1.54, 1.807) is 0 Å². The van der Waals surface area contributed by atoms with E-state index in [9.17, 15) is 0 Å². The maximum absolute atomic E-state index is 6.13. The summed E-state index contributed by atoms with van der Waals surface area (Å²) < 4.78 is 10.9. The number of thioether (sulfide) groups is 1. The molecule has 1 aliphatic heterocycles. The standard InChI is InChI=1S/C14H17N3O2S/c15-11(8-10-4-2-1-3-5-10)14-16-13(17-19-14)12-9-20-7-6-18-12/h1-5,11-12H,6-9,15H2. The number of hydrogen-bond acceptors (Lipinski definition) is 6. The first-order valence-corrected chi connectivity index (χ1v) is 7.81. The van der Waals surface area contributed by atoms with E-state index < -0.39 is 0 Å². The number of nitrogens with zero attached hydrogens (tertiary/aromatic N) is 2. The zero-order chi connectivity index (χ0) is 13.8. The van der Waals surface area contributed by atoms with Gasteiger partial charge in [0.2, 0.25) is 11.7 Å². The third kappa shape index (κ3) is 3.20. The number of hydrogen-bond donors (Lipinski definition) is 1. The Hall–Kier alpha value is -1.37.